The highest BCUT2D eigenvalue weighted by molar-refractivity contribution is 7.89. The monoisotopic (exact) mass is 313 g/mol. The number of hydrogen-bond donors (Lipinski definition) is 2. The molecule has 1 aliphatic heterocycles. The maximum Gasteiger partial charge on any atom is 0.252 e. The summed E-state index contributed by atoms with van der Waals surface area (Å²) in [6, 6.07) is 4.02. The lowest BCUT2D eigenvalue weighted by Gasteiger charge is -2.23. The van der Waals surface area contributed by atoms with Crippen LogP contribution in [0, 0.1) is 0 Å². The van der Waals surface area contributed by atoms with Crippen molar-refractivity contribution in [3.05, 3.63) is 23.8 Å². The van der Waals surface area contributed by atoms with Crippen molar-refractivity contribution in [2.24, 2.45) is 5.73 Å². The highest BCUT2D eigenvalue weighted by Gasteiger charge is 2.30. The first-order valence-electron chi connectivity index (χ1n) is 6.54. The molecule has 8 heteroatoms. The van der Waals surface area contributed by atoms with Gasteiger partial charge in [-0.05, 0) is 31.2 Å². The molecule has 1 unspecified atom stereocenters. The van der Waals surface area contributed by atoms with Gasteiger partial charge in [-0.15, -0.1) is 0 Å². The number of primary amides is 1. The minimum Gasteiger partial charge on any atom is -0.496 e. The fourth-order valence-corrected chi connectivity index (χ4v) is 3.76. The number of ether oxygens (including phenoxy) is 1. The van der Waals surface area contributed by atoms with Gasteiger partial charge in [0.25, 0.3) is 5.91 Å². The number of carbonyl (C=O) groups excluding carboxylic acids is 1. The van der Waals surface area contributed by atoms with Crippen molar-refractivity contribution in [2.75, 3.05) is 27.2 Å². The van der Waals surface area contributed by atoms with Gasteiger partial charge in [0.05, 0.1) is 17.6 Å². The van der Waals surface area contributed by atoms with Gasteiger partial charge >= 0.3 is 0 Å². The standard InChI is InChI=1S/C13H19N3O4S/c1-16(9-5-6-15-8-9)21(18,19)10-3-4-12(20-2)11(7-10)13(14)17/h3-4,7,9,15H,5-6,8H2,1-2H3,(H2,14,17). The van der Waals surface area contributed by atoms with Crippen LogP contribution in [-0.4, -0.2) is 51.9 Å². The number of hydrogen-bond acceptors (Lipinski definition) is 5. The van der Waals surface area contributed by atoms with Crippen molar-refractivity contribution in [3.63, 3.8) is 0 Å². The minimum atomic E-state index is -3.67. The maximum atomic E-state index is 12.6. The molecule has 3 N–H and O–H groups in total. The van der Waals surface area contributed by atoms with Crippen LogP contribution in [0.25, 0.3) is 0 Å². The number of nitrogens with one attached hydrogen (secondary N) is 1. The van der Waals surface area contributed by atoms with E-state index in [-0.39, 0.29) is 22.3 Å². The normalized spacial score (nSPS) is 18.9. The molecule has 1 aliphatic rings. The van der Waals surface area contributed by atoms with Crippen molar-refractivity contribution < 1.29 is 17.9 Å². The number of rotatable bonds is 5. The van der Waals surface area contributed by atoms with E-state index in [1.807, 2.05) is 0 Å². The molecule has 0 aliphatic carbocycles. The number of sulfonamides is 1. The first-order valence-corrected chi connectivity index (χ1v) is 7.98. The van der Waals surface area contributed by atoms with Crippen LogP contribution >= 0.6 is 0 Å². The van der Waals surface area contributed by atoms with Gasteiger partial charge in [-0.25, -0.2) is 8.42 Å². The highest BCUT2D eigenvalue weighted by atomic mass is 32.2. The average molecular weight is 313 g/mol. The number of likely N-dealkylation sites (N-methyl/N-ethyl adjacent to an activating group) is 1. The van der Waals surface area contributed by atoms with Crippen molar-refractivity contribution in [3.8, 4) is 5.75 Å². The van der Waals surface area contributed by atoms with E-state index in [9.17, 15) is 13.2 Å². The van der Waals surface area contributed by atoms with Gasteiger partial charge in [-0.3, -0.25) is 4.79 Å². The maximum absolute atomic E-state index is 12.6. The Bertz CT molecular complexity index is 639. The number of methoxy groups -OCH3 is 1. The van der Waals surface area contributed by atoms with Crippen LogP contribution in [0.15, 0.2) is 23.1 Å². The summed E-state index contributed by atoms with van der Waals surface area (Å²) < 4.78 is 31.5. The summed E-state index contributed by atoms with van der Waals surface area (Å²) >= 11 is 0. The van der Waals surface area contributed by atoms with Crippen molar-refractivity contribution >= 4 is 15.9 Å². The predicted molar refractivity (Wildman–Crippen MR) is 77.7 cm³/mol. The van der Waals surface area contributed by atoms with Crippen molar-refractivity contribution in [2.45, 2.75) is 17.4 Å². The number of amides is 1. The number of carbonyl (C=O) groups is 1. The summed E-state index contributed by atoms with van der Waals surface area (Å²) in [5.41, 5.74) is 5.32. The lowest BCUT2D eigenvalue weighted by molar-refractivity contribution is 0.0997. The first kappa shape index (κ1) is 15.7. The van der Waals surface area contributed by atoms with Crippen LogP contribution < -0.4 is 15.8 Å². The van der Waals surface area contributed by atoms with Crippen LogP contribution in [0.4, 0.5) is 0 Å². The van der Waals surface area contributed by atoms with E-state index in [4.69, 9.17) is 10.5 Å². The van der Waals surface area contributed by atoms with Gasteiger partial charge < -0.3 is 15.8 Å². The Morgan fingerprint density at radius 1 is 1.48 bits per heavy atom. The molecule has 0 spiro atoms. The SMILES string of the molecule is COc1ccc(S(=O)(=O)N(C)C2CCNC2)cc1C(N)=O. The molecule has 1 amide bonds. The lowest BCUT2D eigenvalue weighted by Crippen LogP contribution is -2.38. The molecule has 1 aromatic carbocycles. The molecule has 116 valence electrons. The third-order valence-electron chi connectivity index (χ3n) is 3.66. The van der Waals surface area contributed by atoms with Crippen molar-refractivity contribution in [1.82, 2.24) is 9.62 Å². The molecule has 1 aromatic rings. The second-order valence-corrected chi connectivity index (χ2v) is 6.89. The summed E-state index contributed by atoms with van der Waals surface area (Å²) in [6.45, 7) is 1.41. The molecule has 1 saturated heterocycles. The Morgan fingerprint density at radius 2 is 2.19 bits per heavy atom. The van der Waals surface area contributed by atoms with Gasteiger partial charge in [0.15, 0.2) is 0 Å². The quantitative estimate of drug-likeness (QED) is 0.782. The number of benzene rings is 1. The number of nitrogens with two attached hydrogens (primary N) is 1. The Kier molecular flexibility index (Phi) is 4.50. The van der Waals surface area contributed by atoms with E-state index >= 15 is 0 Å². The summed E-state index contributed by atoms with van der Waals surface area (Å²) in [4.78, 5) is 11.4. The Morgan fingerprint density at radius 3 is 2.71 bits per heavy atom. The summed E-state index contributed by atoms with van der Waals surface area (Å²) in [7, 11) is -0.735. The van der Waals surface area contributed by atoms with E-state index in [2.05, 4.69) is 5.32 Å². The van der Waals surface area contributed by atoms with E-state index in [0.717, 1.165) is 13.0 Å². The average Bonchev–Trinajstić information content (AvgIpc) is 2.99. The predicted octanol–water partition coefficient (Wildman–Crippen LogP) is -0.223. The minimum absolute atomic E-state index is 0.0338. The first-order chi connectivity index (χ1) is 9.87. The fraction of sp³-hybridized carbons (Fsp3) is 0.462. The zero-order chi connectivity index (χ0) is 15.6. The molecule has 0 radical (unpaired) electrons. The Balaban J connectivity index is 2.40. The molecule has 1 heterocycles. The van der Waals surface area contributed by atoms with Gasteiger partial charge in [-0.2, -0.15) is 4.31 Å². The third kappa shape index (κ3) is 3.02. The van der Waals surface area contributed by atoms with E-state index in [0.29, 0.717) is 6.54 Å². The van der Waals surface area contributed by atoms with Crippen LogP contribution in [0.5, 0.6) is 5.75 Å². The van der Waals surface area contributed by atoms with Crippen LogP contribution in [0.2, 0.25) is 0 Å². The van der Waals surface area contributed by atoms with E-state index in [1.54, 1.807) is 7.05 Å². The van der Waals surface area contributed by atoms with Gasteiger partial charge in [0, 0.05) is 19.6 Å². The molecule has 21 heavy (non-hydrogen) atoms. The molecule has 1 fully saturated rings. The summed E-state index contributed by atoms with van der Waals surface area (Å²) in [5.74, 6) is -0.472. The molecular weight excluding hydrogens is 294 g/mol. The highest BCUT2D eigenvalue weighted by Crippen LogP contribution is 2.25. The summed E-state index contributed by atoms with van der Waals surface area (Å²) in [5, 5.41) is 3.12. The molecule has 0 saturated carbocycles. The zero-order valence-electron chi connectivity index (χ0n) is 12.0. The third-order valence-corrected chi connectivity index (χ3v) is 5.57. The van der Waals surface area contributed by atoms with Crippen LogP contribution in [0.3, 0.4) is 0 Å². The van der Waals surface area contributed by atoms with Gasteiger partial charge in [0.2, 0.25) is 10.0 Å². The molecule has 0 bridgehead atoms. The molecule has 0 aromatic heterocycles. The molecular formula is C13H19N3O4S. The van der Waals surface area contributed by atoms with Crippen LogP contribution in [0.1, 0.15) is 16.8 Å². The zero-order valence-corrected chi connectivity index (χ0v) is 12.8. The number of nitrogens with zero attached hydrogens (tertiary/aromatic N) is 1. The fourth-order valence-electron chi connectivity index (χ4n) is 2.35. The molecule has 2 rings (SSSR count). The second kappa shape index (κ2) is 6.00. The smallest absolute Gasteiger partial charge is 0.252 e. The van der Waals surface area contributed by atoms with E-state index < -0.39 is 15.9 Å². The van der Waals surface area contributed by atoms with Crippen molar-refractivity contribution in [1.29, 1.82) is 0 Å². The lowest BCUT2D eigenvalue weighted by atomic mass is 10.2. The Labute approximate surface area is 124 Å². The Hall–Kier alpha value is -1.64. The largest absolute Gasteiger partial charge is 0.496 e. The molecule has 1 atom stereocenters. The van der Waals surface area contributed by atoms with E-state index in [1.165, 1.54) is 29.6 Å². The second-order valence-electron chi connectivity index (χ2n) is 4.89. The molecule has 7 nitrogen and oxygen atoms in total. The van der Waals surface area contributed by atoms with Gasteiger partial charge in [0.1, 0.15) is 5.75 Å². The summed E-state index contributed by atoms with van der Waals surface area (Å²) in [6.07, 6.45) is 0.758. The van der Waals surface area contributed by atoms with Crippen LogP contribution in [-0.2, 0) is 10.0 Å². The topological polar surface area (TPSA) is 102 Å². The van der Waals surface area contributed by atoms with Gasteiger partial charge in [-0.1, -0.05) is 0 Å².